The number of aromatic nitrogens is 8. The van der Waals surface area contributed by atoms with Gasteiger partial charge in [-0.05, 0) is 11.6 Å². The van der Waals surface area contributed by atoms with E-state index in [1.54, 1.807) is 32.6 Å². The number of aryl methyl sites for hydroxylation is 1. The molecular weight excluding hydrogens is 306 g/mol. The molecule has 0 bridgehead atoms. The first-order valence-corrected chi connectivity index (χ1v) is 6.76. The van der Waals surface area contributed by atoms with Gasteiger partial charge in [-0.25, -0.2) is 15.0 Å². The number of rotatable bonds is 2. The summed E-state index contributed by atoms with van der Waals surface area (Å²) in [6, 6.07) is 1.77. The predicted octanol–water partition coefficient (Wildman–Crippen LogP) is 1.22. The Morgan fingerprint density at radius 1 is 1.18 bits per heavy atom. The van der Waals surface area contributed by atoms with E-state index in [9.17, 15) is 0 Å². The van der Waals surface area contributed by atoms with Crippen molar-refractivity contribution in [2.75, 3.05) is 11.9 Å². The molecule has 0 radical (unpaired) electrons. The van der Waals surface area contributed by atoms with Crippen molar-refractivity contribution in [1.29, 1.82) is 0 Å². The second kappa shape index (κ2) is 4.60. The number of hydrogen-bond acceptors (Lipinski definition) is 7. The molecule has 22 heavy (non-hydrogen) atoms. The van der Waals surface area contributed by atoms with Gasteiger partial charge in [0.25, 0.3) is 0 Å². The van der Waals surface area contributed by atoms with Gasteiger partial charge in [0.1, 0.15) is 6.33 Å². The molecule has 4 aromatic rings. The predicted molar refractivity (Wildman–Crippen MR) is 80.2 cm³/mol. The third kappa shape index (κ3) is 1.79. The molecular formula is C12H10ClN9. The maximum atomic E-state index is 6.04. The van der Waals surface area contributed by atoms with Gasteiger partial charge in [0.2, 0.25) is 11.2 Å². The molecule has 0 saturated heterocycles. The lowest BCUT2D eigenvalue weighted by atomic mass is 10.4. The average molecular weight is 316 g/mol. The Bertz CT molecular complexity index is 989. The van der Waals surface area contributed by atoms with E-state index in [1.807, 2.05) is 14.1 Å². The van der Waals surface area contributed by atoms with Crippen molar-refractivity contribution in [2.24, 2.45) is 7.05 Å². The number of hydrogen-bond donors (Lipinski definition) is 0. The zero-order valence-electron chi connectivity index (χ0n) is 11.7. The molecule has 0 unspecified atom stereocenters. The quantitative estimate of drug-likeness (QED) is 0.514. The van der Waals surface area contributed by atoms with Crippen LogP contribution >= 0.6 is 11.6 Å². The Kier molecular flexibility index (Phi) is 2.70. The van der Waals surface area contributed by atoms with Gasteiger partial charge < -0.3 is 4.57 Å². The highest BCUT2D eigenvalue weighted by molar-refractivity contribution is 6.28. The van der Waals surface area contributed by atoms with Crippen molar-refractivity contribution in [2.45, 2.75) is 0 Å². The molecule has 4 aromatic heterocycles. The summed E-state index contributed by atoms with van der Waals surface area (Å²) in [4.78, 5) is 23.1. The van der Waals surface area contributed by atoms with Crippen LogP contribution in [0, 0.1) is 0 Å². The monoisotopic (exact) mass is 315 g/mol. The topological polar surface area (TPSA) is 89.9 Å². The highest BCUT2D eigenvalue weighted by atomic mass is 35.5. The van der Waals surface area contributed by atoms with Gasteiger partial charge in [-0.15, -0.1) is 0 Å². The van der Waals surface area contributed by atoms with Crippen LogP contribution in [0.15, 0.2) is 24.9 Å². The summed E-state index contributed by atoms with van der Waals surface area (Å²) < 4.78 is 3.40. The van der Waals surface area contributed by atoms with Crippen LogP contribution in [-0.2, 0) is 7.05 Å². The average Bonchev–Trinajstić information content (AvgIpc) is 3.13. The summed E-state index contributed by atoms with van der Waals surface area (Å²) in [6.45, 7) is 0. The van der Waals surface area contributed by atoms with Crippen LogP contribution in [0.4, 0.5) is 11.8 Å². The minimum Gasteiger partial charge on any atom is -0.318 e. The van der Waals surface area contributed by atoms with Crippen molar-refractivity contribution in [3.8, 4) is 0 Å². The summed E-state index contributed by atoms with van der Waals surface area (Å²) in [5.74, 6) is 1.10. The van der Waals surface area contributed by atoms with Gasteiger partial charge >= 0.3 is 0 Å². The molecule has 10 heteroatoms. The Morgan fingerprint density at radius 3 is 2.91 bits per heavy atom. The number of anilines is 2. The molecule has 0 amide bonds. The SMILES string of the molecule is CN(c1nc(Cl)nc2c1ncn2C)c1nccc2ncnn12. The molecule has 0 aliphatic carbocycles. The summed E-state index contributed by atoms with van der Waals surface area (Å²) in [5.41, 5.74) is 1.97. The molecule has 0 aromatic carbocycles. The molecule has 4 heterocycles. The second-order valence-corrected chi connectivity index (χ2v) is 5.02. The van der Waals surface area contributed by atoms with Crippen molar-refractivity contribution in [1.82, 2.24) is 39.1 Å². The standard InChI is InChI=1S/C12H10ClN9/c1-20-6-16-8-9(20)18-11(13)19-10(8)21(2)12-14-4-3-7-15-5-17-22(7)12/h3-6H,1-2H3. The lowest BCUT2D eigenvalue weighted by Crippen LogP contribution is -2.18. The molecule has 0 aliphatic heterocycles. The molecule has 110 valence electrons. The largest absolute Gasteiger partial charge is 0.318 e. The minimum absolute atomic E-state index is 0.142. The van der Waals surface area contributed by atoms with E-state index < -0.39 is 0 Å². The molecule has 0 spiro atoms. The third-order valence-corrected chi connectivity index (χ3v) is 3.48. The zero-order chi connectivity index (χ0) is 15.3. The van der Waals surface area contributed by atoms with E-state index in [-0.39, 0.29) is 5.28 Å². The van der Waals surface area contributed by atoms with E-state index >= 15 is 0 Å². The lowest BCUT2D eigenvalue weighted by Gasteiger charge is -2.17. The molecule has 9 nitrogen and oxygen atoms in total. The van der Waals surface area contributed by atoms with Crippen LogP contribution in [0.3, 0.4) is 0 Å². The van der Waals surface area contributed by atoms with Crippen molar-refractivity contribution >= 4 is 40.2 Å². The number of nitrogens with zero attached hydrogens (tertiary/aromatic N) is 9. The van der Waals surface area contributed by atoms with E-state index in [0.717, 1.165) is 0 Å². The van der Waals surface area contributed by atoms with Crippen LogP contribution < -0.4 is 4.90 Å². The maximum absolute atomic E-state index is 6.04. The first-order valence-electron chi connectivity index (χ1n) is 6.38. The smallest absolute Gasteiger partial charge is 0.234 e. The third-order valence-electron chi connectivity index (χ3n) is 3.31. The molecule has 0 N–H and O–H groups in total. The van der Waals surface area contributed by atoms with Crippen molar-refractivity contribution < 1.29 is 0 Å². The highest BCUT2D eigenvalue weighted by Gasteiger charge is 2.19. The summed E-state index contributed by atoms with van der Waals surface area (Å²) >= 11 is 6.04. The Morgan fingerprint density at radius 2 is 2.05 bits per heavy atom. The van der Waals surface area contributed by atoms with Crippen LogP contribution in [0.1, 0.15) is 0 Å². The molecule has 0 fully saturated rings. The van der Waals surface area contributed by atoms with E-state index in [0.29, 0.717) is 28.6 Å². The summed E-state index contributed by atoms with van der Waals surface area (Å²) in [5, 5.41) is 4.31. The van der Waals surface area contributed by atoms with Gasteiger partial charge in [0, 0.05) is 26.4 Å². The Labute approximate surface area is 129 Å². The van der Waals surface area contributed by atoms with Gasteiger partial charge in [-0.3, -0.25) is 4.90 Å². The normalized spacial score (nSPS) is 11.4. The summed E-state index contributed by atoms with van der Waals surface area (Å²) in [7, 11) is 3.66. The van der Waals surface area contributed by atoms with Crippen molar-refractivity contribution in [3.05, 3.63) is 30.2 Å². The Balaban J connectivity index is 1.97. The first kappa shape index (κ1) is 12.9. The second-order valence-electron chi connectivity index (χ2n) is 4.68. The number of halogens is 1. The fourth-order valence-corrected chi connectivity index (χ4v) is 2.43. The molecule has 0 saturated carbocycles. The first-order chi connectivity index (χ1) is 10.6. The van der Waals surface area contributed by atoms with Crippen LogP contribution in [0.2, 0.25) is 5.28 Å². The highest BCUT2D eigenvalue weighted by Crippen LogP contribution is 2.27. The zero-order valence-corrected chi connectivity index (χ0v) is 12.5. The maximum Gasteiger partial charge on any atom is 0.234 e. The molecule has 0 atom stereocenters. The fourth-order valence-electron chi connectivity index (χ4n) is 2.27. The van der Waals surface area contributed by atoms with Gasteiger partial charge in [-0.1, -0.05) is 0 Å². The van der Waals surface area contributed by atoms with Gasteiger partial charge in [-0.2, -0.15) is 19.6 Å². The van der Waals surface area contributed by atoms with E-state index in [1.165, 1.54) is 6.33 Å². The summed E-state index contributed by atoms with van der Waals surface area (Å²) in [6.07, 6.45) is 4.79. The number of fused-ring (bicyclic) bond motifs is 2. The van der Waals surface area contributed by atoms with Gasteiger partial charge in [0.05, 0.1) is 6.33 Å². The van der Waals surface area contributed by atoms with Gasteiger partial charge in [0.15, 0.2) is 22.6 Å². The van der Waals surface area contributed by atoms with Crippen LogP contribution in [0.25, 0.3) is 16.8 Å². The Hall–Kier alpha value is -2.81. The fraction of sp³-hybridized carbons (Fsp3) is 0.167. The molecule has 4 rings (SSSR count). The van der Waals surface area contributed by atoms with Crippen LogP contribution in [-0.4, -0.2) is 46.1 Å². The van der Waals surface area contributed by atoms with Crippen molar-refractivity contribution in [3.63, 3.8) is 0 Å². The molecule has 0 aliphatic rings. The van der Waals surface area contributed by atoms with E-state index in [4.69, 9.17) is 11.6 Å². The lowest BCUT2D eigenvalue weighted by molar-refractivity contribution is 0.881. The number of imidazole rings is 1. The minimum atomic E-state index is 0.142. The van der Waals surface area contributed by atoms with E-state index in [2.05, 4.69) is 30.0 Å². The van der Waals surface area contributed by atoms with Crippen LogP contribution in [0.5, 0.6) is 0 Å².